The van der Waals surface area contributed by atoms with Gasteiger partial charge in [0.05, 0.1) is 6.10 Å². The first kappa shape index (κ1) is 15.6. The fraction of sp³-hybridized carbons (Fsp3) is 0.278. The third-order valence-corrected chi connectivity index (χ3v) is 4.12. The second kappa shape index (κ2) is 6.52. The zero-order valence-corrected chi connectivity index (χ0v) is 13.4. The van der Waals surface area contributed by atoms with Gasteiger partial charge in [0.1, 0.15) is 0 Å². The number of aliphatic hydroxyl groups excluding tert-OH is 1. The van der Waals surface area contributed by atoms with Gasteiger partial charge in [-0.3, -0.25) is 4.79 Å². The molecule has 2 aromatic rings. The molecule has 1 atom stereocenters. The molecule has 0 saturated heterocycles. The second-order valence-corrected chi connectivity index (χ2v) is 5.74. The normalized spacial score (nSPS) is 15.1. The van der Waals surface area contributed by atoms with E-state index in [1.807, 2.05) is 0 Å². The number of benzene rings is 2. The molecule has 2 aliphatic heterocycles. The molecule has 25 heavy (non-hydrogen) atoms. The predicted octanol–water partition coefficient (Wildman–Crippen LogP) is 2.00. The lowest BCUT2D eigenvalue weighted by Gasteiger charge is -2.12. The van der Waals surface area contributed by atoms with Gasteiger partial charge in [0.25, 0.3) is 5.91 Å². The summed E-state index contributed by atoms with van der Waals surface area (Å²) in [6.45, 7) is 0.700. The Balaban J connectivity index is 1.32. The minimum atomic E-state index is -0.702. The van der Waals surface area contributed by atoms with Crippen molar-refractivity contribution in [3.8, 4) is 23.0 Å². The van der Waals surface area contributed by atoms with Crippen molar-refractivity contribution in [1.82, 2.24) is 5.32 Å². The van der Waals surface area contributed by atoms with Crippen molar-refractivity contribution in [3.05, 3.63) is 47.5 Å². The summed E-state index contributed by atoms with van der Waals surface area (Å²) in [5, 5.41) is 13.1. The molecule has 7 heteroatoms. The molecule has 0 aromatic heterocycles. The number of hydrogen-bond acceptors (Lipinski definition) is 6. The van der Waals surface area contributed by atoms with E-state index in [0.717, 1.165) is 5.56 Å². The summed E-state index contributed by atoms with van der Waals surface area (Å²) in [6, 6.07) is 10.3. The number of rotatable bonds is 5. The molecule has 0 radical (unpaired) electrons. The van der Waals surface area contributed by atoms with Crippen LogP contribution >= 0.6 is 0 Å². The van der Waals surface area contributed by atoms with Crippen molar-refractivity contribution in [2.24, 2.45) is 0 Å². The van der Waals surface area contributed by atoms with E-state index in [1.54, 1.807) is 36.4 Å². The van der Waals surface area contributed by atoms with Crippen LogP contribution in [0.4, 0.5) is 0 Å². The number of carbonyl (C=O) groups is 1. The highest BCUT2D eigenvalue weighted by Crippen LogP contribution is 2.35. The summed E-state index contributed by atoms with van der Waals surface area (Å²) in [5.41, 5.74) is 1.21. The molecule has 0 bridgehead atoms. The molecule has 0 unspecified atom stereocenters. The molecule has 0 spiro atoms. The zero-order valence-electron chi connectivity index (χ0n) is 13.4. The van der Waals surface area contributed by atoms with Gasteiger partial charge in [0, 0.05) is 12.1 Å². The number of carbonyl (C=O) groups excluding carboxylic acids is 1. The molecule has 130 valence electrons. The first-order valence-corrected chi connectivity index (χ1v) is 7.96. The predicted molar refractivity (Wildman–Crippen MR) is 87.0 cm³/mol. The Morgan fingerprint density at radius 3 is 2.36 bits per heavy atom. The van der Waals surface area contributed by atoms with E-state index in [0.29, 0.717) is 41.5 Å². The summed E-state index contributed by atoms with van der Waals surface area (Å²) >= 11 is 0. The van der Waals surface area contributed by atoms with Gasteiger partial charge in [-0.1, -0.05) is 6.07 Å². The van der Waals surface area contributed by atoms with Gasteiger partial charge < -0.3 is 29.4 Å². The monoisotopic (exact) mass is 343 g/mol. The lowest BCUT2D eigenvalue weighted by atomic mass is 10.1. The molecule has 2 heterocycles. The number of hydrogen-bond donors (Lipinski definition) is 2. The highest BCUT2D eigenvalue weighted by molar-refractivity contribution is 5.94. The molecule has 0 fully saturated rings. The maximum atomic E-state index is 12.2. The molecule has 2 aromatic carbocycles. The van der Waals surface area contributed by atoms with Crippen molar-refractivity contribution < 1.29 is 28.8 Å². The smallest absolute Gasteiger partial charge is 0.251 e. The van der Waals surface area contributed by atoms with Crippen LogP contribution in [0.3, 0.4) is 0 Å². The Hall–Kier alpha value is -2.93. The number of fused-ring (bicyclic) bond motifs is 2. The number of ether oxygens (including phenoxy) is 4. The number of amides is 1. The first-order valence-electron chi connectivity index (χ1n) is 7.96. The van der Waals surface area contributed by atoms with Crippen LogP contribution in [0.15, 0.2) is 36.4 Å². The van der Waals surface area contributed by atoms with Crippen LogP contribution < -0.4 is 24.3 Å². The van der Waals surface area contributed by atoms with Crippen LogP contribution in [0, 0.1) is 0 Å². The van der Waals surface area contributed by atoms with Crippen LogP contribution in [-0.2, 0) is 0 Å². The number of nitrogens with one attached hydrogen (secondary N) is 1. The fourth-order valence-electron chi connectivity index (χ4n) is 2.75. The minimum absolute atomic E-state index is 0.169. The van der Waals surface area contributed by atoms with E-state index in [1.165, 1.54) is 0 Å². The molecular weight excluding hydrogens is 326 g/mol. The summed E-state index contributed by atoms with van der Waals surface area (Å²) in [5.74, 6) is 2.27. The molecule has 2 aliphatic rings. The van der Waals surface area contributed by atoms with Crippen molar-refractivity contribution in [2.45, 2.75) is 12.5 Å². The maximum absolute atomic E-state index is 12.2. The van der Waals surface area contributed by atoms with Gasteiger partial charge in [0.2, 0.25) is 13.6 Å². The van der Waals surface area contributed by atoms with Gasteiger partial charge in [-0.05, 0) is 42.3 Å². The quantitative estimate of drug-likeness (QED) is 0.864. The van der Waals surface area contributed by atoms with Gasteiger partial charge in [0.15, 0.2) is 23.0 Å². The standard InChI is InChI=1S/C18H17NO6/c20-13(11-1-3-14-16(7-11)24-9-22-14)5-6-19-18(21)12-2-4-15-17(8-12)25-10-23-15/h1-4,7-8,13,20H,5-6,9-10H2,(H,19,21)/t13-/m0/s1. The highest BCUT2D eigenvalue weighted by Gasteiger charge is 2.18. The van der Waals surface area contributed by atoms with E-state index >= 15 is 0 Å². The van der Waals surface area contributed by atoms with Gasteiger partial charge in [-0.15, -0.1) is 0 Å². The molecule has 0 saturated carbocycles. The summed E-state index contributed by atoms with van der Waals surface area (Å²) < 4.78 is 21.0. The van der Waals surface area contributed by atoms with E-state index in [-0.39, 0.29) is 19.5 Å². The Labute approximate surface area is 144 Å². The fourth-order valence-corrected chi connectivity index (χ4v) is 2.75. The lowest BCUT2D eigenvalue weighted by molar-refractivity contribution is 0.0942. The van der Waals surface area contributed by atoms with Gasteiger partial charge >= 0.3 is 0 Å². The Morgan fingerprint density at radius 2 is 1.60 bits per heavy atom. The Morgan fingerprint density at radius 1 is 0.960 bits per heavy atom. The average molecular weight is 343 g/mol. The molecular formula is C18H17NO6. The largest absolute Gasteiger partial charge is 0.454 e. The summed E-state index contributed by atoms with van der Waals surface area (Å²) in [4.78, 5) is 12.2. The third-order valence-electron chi connectivity index (χ3n) is 4.12. The van der Waals surface area contributed by atoms with Crippen molar-refractivity contribution >= 4 is 5.91 Å². The molecule has 1 amide bonds. The molecule has 7 nitrogen and oxygen atoms in total. The van der Waals surface area contributed by atoms with Crippen LogP contribution in [0.2, 0.25) is 0 Å². The molecule has 4 rings (SSSR count). The van der Waals surface area contributed by atoms with E-state index in [9.17, 15) is 9.90 Å². The topological polar surface area (TPSA) is 86.3 Å². The van der Waals surface area contributed by atoms with Crippen LogP contribution in [0.5, 0.6) is 23.0 Å². The first-order chi connectivity index (χ1) is 12.2. The van der Waals surface area contributed by atoms with Crippen molar-refractivity contribution in [2.75, 3.05) is 20.1 Å². The van der Waals surface area contributed by atoms with E-state index in [4.69, 9.17) is 18.9 Å². The van der Waals surface area contributed by atoms with E-state index < -0.39 is 6.10 Å². The summed E-state index contributed by atoms with van der Waals surface area (Å²) in [6.07, 6.45) is -0.317. The zero-order chi connectivity index (χ0) is 17.2. The van der Waals surface area contributed by atoms with Gasteiger partial charge in [-0.2, -0.15) is 0 Å². The number of aliphatic hydroxyl groups is 1. The Kier molecular flexibility index (Phi) is 4.07. The highest BCUT2D eigenvalue weighted by atomic mass is 16.7. The second-order valence-electron chi connectivity index (χ2n) is 5.74. The SMILES string of the molecule is O=C(NCC[C@H](O)c1ccc2c(c1)OCO2)c1ccc2c(c1)OCO2. The molecule has 0 aliphatic carbocycles. The minimum Gasteiger partial charge on any atom is -0.454 e. The van der Waals surface area contributed by atoms with Crippen molar-refractivity contribution in [1.29, 1.82) is 0 Å². The van der Waals surface area contributed by atoms with E-state index in [2.05, 4.69) is 5.32 Å². The van der Waals surface area contributed by atoms with Crippen LogP contribution in [-0.4, -0.2) is 31.1 Å². The Bertz CT molecular complexity index is 806. The molecule has 2 N–H and O–H groups in total. The van der Waals surface area contributed by atoms with Crippen LogP contribution in [0.1, 0.15) is 28.4 Å². The lowest BCUT2D eigenvalue weighted by Crippen LogP contribution is -2.25. The average Bonchev–Trinajstić information content (AvgIpc) is 3.28. The third kappa shape index (κ3) is 3.18. The van der Waals surface area contributed by atoms with Gasteiger partial charge in [-0.25, -0.2) is 0 Å². The summed E-state index contributed by atoms with van der Waals surface area (Å²) in [7, 11) is 0. The maximum Gasteiger partial charge on any atom is 0.251 e. The van der Waals surface area contributed by atoms with Crippen molar-refractivity contribution in [3.63, 3.8) is 0 Å². The van der Waals surface area contributed by atoms with Crippen LogP contribution in [0.25, 0.3) is 0 Å².